The number of rotatable bonds is 4. The number of aryl methyl sites for hydroxylation is 1. The second kappa shape index (κ2) is 6.50. The number of benzene rings is 2. The summed E-state index contributed by atoms with van der Waals surface area (Å²) in [6, 6.07) is 15.6. The number of carbonyl (C=O) groups is 1. The zero-order chi connectivity index (χ0) is 17.1. The first-order valence-electron chi connectivity index (χ1n) is 7.60. The molecular weight excluding hydrogens is 300 g/mol. The lowest BCUT2D eigenvalue weighted by atomic mass is 10.0. The van der Waals surface area contributed by atoms with E-state index in [0.717, 1.165) is 22.4 Å². The maximum absolute atomic E-state index is 11.5. The van der Waals surface area contributed by atoms with Crippen molar-refractivity contribution in [2.24, 2.45) is 5.10 Å². The second-order valence-electron chi connectivity index (χ2n) is 5.59. The molecule has 3 rings (SSSR count). The van der Waals surface area contributed by atoms with Gasteiger partial charge in [0, 0.05) is 5.56 Å². The van der Waals surface area contributed by atoms with Crippen LogP contribution in [0, 0.1) is 6.92 Å². The Bertz CT molecular complexity index is 907. The molecule has 0 amide bonds. The third-order valence-corrected chi connectivity index (χ3v) is 3.68. The Balaban J connectivity index is 1.82. The van der Waals surface area contributed by atoms with Gasteiger partial charge in [0.1, 0.15) is 0 Å². The molecule has 1 aromatic heterocycles. The van der Waals surface area contributed by atoms with E-state index in [0.29, 0.717) is 11.5 Å². The number of ketones is 1. The van der Waals surface area contributed by atoms with Gasteiger partial charge in [-0.05, 0) is 36.6 Å². The second-order valence-corrected chi connectivity index (χ2v) is 5.59. The van der Waals surface area contributed by atoms with Gasteiger partial charge in [0.15, 0.2) is 5.78 Å². The first-order chi connectivity index (χ1) is 11.5. The van der Waals surface area contributed by atoms with Gasteiger partial charge in [-0.3, -0.25) is 4.79 Å². The van der Waals surface area contributed by atoms with Crippen molar-refractivity contribution >= 4 is 17.9 Å². The zero-order valence-corrected chi connectivity index (χ0v) is 13.6. The molecule has 0 aliphatic heterocycles. The fourth-order valence-corrected chi connectivity index (χ4v) is 2.40. The highest BCUT2D eigenvalue weighted by molar-refractivity contribution is 5.95. The van der Waals surface area contributed by atoms with Crippen molar-refractivity contribution in [2.75, 3.05) is 5.73 Å². The summed E-state index contributed by atoms with van der Waals surface area (Å²) >= 11 is 0. The van der Waals surface area contributed by atoms with Crippen LogP contribution < -0.4 is 5.73 Å². The molecule has 0 aliphatic carbocycles. The lowest BCUT2D eigenvalue weighted by Crippen LogP contribution is -1.97. The molecule has 0 atom stereocenters. The van der Waals surface area contributed by atoms with Gasteiger partial charge in [0.25, 0.3) is 0 Å². The molecule has 1 heterocycles. The van der Waals surface area contributed by atoms with Crippen LogP contribution in [0.1, 0.15) is 28.5 Å². The summed E-state index contributed by atoms with van der Waals surface area (Å²) in [6.45, 7) is 3.44. The Morgan fingerprint density at radius 2 is 1.92 bits per heavy atom. The lowest BCUT2D eigenvalue weighted by Gasteiger charge is -2.04. The number of nitrogen functional groups attached to an aromatic ring is 1. The smallest absolute Gasteiger partial charge is 0.221 e. The standard InChI is InChI=1S/C19H18N4O/c1-13-12-23(19(20)22-13)21-11-15-6-8-16(9-7-15)18-5-3-4-17(10-18)14(2)24/h3-12H,1-2H3,(H2,20,22). The molecule has 3 aromatic rings. The summed E-state index contributed by atoms with van der Waals surface area (Å²) in [5, 5.41) is 4.30. The summed E-state index contributed by atoms with van der Waals surface area (Å²) in [5.74, 6) is 0.426. The summed E-state index contributed by atoms with van der Waals surface area (Å²) in [4.78, 5) is 15.6. The number of Topliss-reactive ketones (excluding diaryl/α,β-unsaturated/α-hetero) is 1. The first-order valence-corrected chi connectivity index (χ1v) is 7.60. The van der Waals surface area contributed by atoms with Crippen LogP contribution in [0.3, 0.4) is 0 Å². The van der Waals surface area contributed by atoms with Crippen molar-refractivity contribution in [3.05, 3.63) is 71.5 Å². The quantitative estimate of drug-likeness (QED) is 0.591. The molecule has 0 saturated carbocycles. The average molecular weight is 318 g/mol. The molecule has 5 heteroatoms. The van der Waals surface area contributed by atoms with Gasteiger partial charge in [0.05, 0.1) is 18.1 Å². The van der Waals surface area contributed by atoms with Crippen LogP contribution >= 0.6 is 0 Å². The monoisotopic (exact) mass is 318 g/mol. The maximum atomic E-state index is 11.5. The van der Waals surface area contributed by atoms with Crippen molar-refractivity contribution in [3.8, 4) is 11.1 Å². The van der Waals surface area contributed by atoms with Crippen molar-refractivity contribution in [1.82, 2.24) is 9.66 Å². The van der Waals surface area contributed by atoms with Crippen molar-refractivity contribution in [3.63, 3.8) is 0 Å². The number of anilines is 1. The van der Waals surface area contributed by atoms with Gasteiger partial charge in [-0.1, -0.05) is 42.5 Å². The predicted molar refractivity (Wildman–Crippen MR) is 96.3 cm³/mol. The number of carbonyl (C=O) groups excluding carboxylic acids is 1. The van der Waals surface area contributed by atoms with Crippen LogP contribution in [0.5, 0.6) is 0 Å². The van der Waals surface area contributed by atoms with Crippen molar-refractivity contribution < 1.29 is 4.79 Å². The highest BCUT2D eigenvalue weighted by Gasteiger charge is 2.03. The Kier molecular flexibility index (Phi) is 4.24. The molecule has 0 unspecified atom stereocenters. The van der Waals surface area contributed by atoms with Crippen LogP contribution in [0.4, 0.5) is 5.95 Å². The van der Waals surface area contributed by atoms with Gasteiger partial charge in [-0.15, -0.1) is 0 Å². The van der Waals surface area contributed by atoms with Crippen LogP contribution in [0.25, 0.3) is 11.1 Å². The molecule has 24 heavy (non-hydrogen) atoms. The average Bonchev–Trinajstić information content (AvgIpc) is 2.91. The number of imidazole rings is 1. The molecule has 0 saturated heterocycles. The van der Waals surface area contributed by atoms with E-state index in [1.165, 1.54) is 0 Å². The first kappa shape index (κ1) is 15.7. The molecule has 0 aliphatic rings. The van der Waals surface area contributed by atoms with Gasteiger partial charge in [0.2, 0.25) is 5.95 Å². The summed E-state index contributed by atoms with van der Waals surface area (Å²) in [5.41, 5.74) is 10.3. The van der Waals surface area contributed by atoms with Crippen LogP contribution in [-0.2, 0) is 0 Å². The number of nitrogens with two attached hydrogens (primary N) is 1. The number of hydrogen-bond acceptors (Lipinski definition) is 4. The SMILES string of the molecule is CC(=O)c1cccc(-c2ccc(C=Nn3cc(C)nc3N)cc2)c1. The van der Waals surface area contributed by atoms with E-state index in [-0.39, 0.29) is 5.78 Å². The third kappa shape index (κ3) is 3.41. The minimum atomic E-state index is 0.0637. The van der Waals surface area contributed by atoms with E-state index in [4.69, 9.17) is 5.73 Å². The topological polar surface area (TPSA) is 73.3 Å². The molecule has 0 bridgehead atoms. The Morgan fingerprint density at radius 3 is 2.54 bits per heavy atom. The molecule has 5 nitrogen and oxygen atoms in total. The van der Waals surface area contributed by atoms with Crippen molar-refractivity contribution in [1.29, 1.82) is 0 Å². The Hall–Kier alpha value is -3.21. The van der Waals surface area contributed by atoms with Gasteiger partial charge in [-0.2, -0.15) is 5.10 Å². The summed E-state index contributed by atoms with van der Waals surface area (Å²) in [7, 11) is 0. The lowest BCUT2D eigenvalue weighted by molar-refractivity contribution is 0.101. The maximum Gasteiger partial charge on any atom is 0.221 e. The summed E-state index contributed by atoms with van der Waals surface area (Å²) < 4.78 is 1.54. The predicted octanol–water partition coefficient (Wildman–Crippen LogP) is 3.53. The van der Waals surface area contributed by atoms with Gasteiger partial charge < -0.3 is 5.73 Å². The van der Waals surface area contributed by atoms with E-state index in [9.17, 15) is 4.79 Å². The number of nitrogens with zero attached hydrogens (tertiary/aromatic N) is 3. The largest absolute Gasteiger partial charge is 0.368 e. The van der Waals surface area contributed by atoms with E-state index in [2.05, 4.69) is 10.1 Å². The number of aromatic nitrogens is 2. The summed E-state index contributed by atoms with van der Waals surface area (Å²) in [6.07, 6.45) is 3.50. The molecule has 120 valence electrons. The normalized spacial score (nSPS) is 11.1. The van der Waals surface area contributed by atoms with Crippen LogP contribution in [0.2, 0.25) is 0 Å². The van der Waals surface area contributed by atoms with Gasteiger partial charge >= 0.3 is 0 Å². The molecule has 0 spiro atoms. The molecule has 0 radical (unpaired) electrons. The molecule has 0 fully saturated rings. The molecular formula is C19H18N4O. The fourth-order valence-electron chi connectivity index (χ4n) is 2.40. The molecule has 2 N–H and O–H groups in total. The zero-order valence-electron chi connectivity index (χ0n) is 13.6. The Morgan fingerprint density at radius 1 is 1.17 bits per heavy atom. The van der Waals surface area contributed by atoms with Crippen LogP contribution in [-0.4, -0.2) is 21.7 Å². The van der Waals surface area contributed by atoms with E-state index in [1.807, 2.05) is 55.5 Å². The molecule has 2 aromatic carbocycles. The third-order valence-electron chi connectivity index (χ3n) is 3.68. The van der Waals surface area contributed by atoms with Crippen molar-refractivity contribution in [2.45, 2.75) is 13.8 Å². The Labute approximate surface area is 140 Å². The number of hydrogen-bond donors (Lipinski definition) is 1. The highest BCUT2D eigenvalue weighted by Crippen LogP contribution is 2.21. The minimum Gasteiger partial charge on any atom is -0.368 e. The minimum absolute atomic E-state index is 0.0637. The van der Waals surface area contributed by atoms with E-state index >= 15 is 0 Å². The van der Waals surface area contributed by atoms with E-state index in [1.54, 1.807) is 24.0 Å². The highest BCUT2D eigenvalue weighted by atomic mass is 16.1. The fraction of sp³-hybridized carbons (Fsp3) is 0.105. The van der Waals surface area contributed by atoms with Gasteiger partial charge in [-0.25, -0.2) is 9.66 Å². The van der Waals surface area contributed by atoms with E-state index < -0.39 is 0 Å². The van der Waals surface area contributed by atoms with Crippen LogP contribution in [0.15, 0.2) is 59.8 Å².